The van der Waals surface area contributed by atoms with E-state index in [-0.39, 0.29) is 0 Å². The van der Waals surface area contributed by atoms with Crippen LogP contribution in [0.15, 0.2) is 59.1 Å². The van der Waals surface area contributed by atoms with Crippen molar-refractivity contribution in [2.45, 2.75) is 0 Å². The van der Waals surface area contributed by atoms with Crippen molar-refractivity contribution in [1.82, 2.24) is 4.98 Å². The second-order valence-electron chi connectivity index (χ2n) is 4.39. The predicted octanol–water partition coefficient (Wildman–Crippen LogP) is 3.60. The summed E-state index contributed by atoms with van der Waals surface area (Å²) in [5, 5.41) is 0. The average Bonchev–Trinajstić information content (AvgIpc) is 2.97. The molecule has 1 heterocycles. The number of rotatable bonds is 3. The summed E-state index contributed by atoms with van der Waals surface area (Å²) in [6, 6.07) is 15.1. The third-order valence-corrected chi connectivity index (χ3v) is 2.99. The zero-order valence-corrected chi connectivity index (χ0v) is 11.0. The van der Waals surface area contributed by atoms with Crippen LogP contribution in [0.5, 0.6) is 5.75 Å². The summed E-state index contributed by atoms with van der Waals surface area (Å²) in [6.45, 7) is 0. The van der Waals surface area contributed by atoms with Gasteiger partial charge in [-0.05, 0) is 30.3 Å². The Morgan fingerprint density at radius 2 is 1.85 bits per heavy atom. The van der Waals surface area contributed by atoms with Crippen molar-refractivity contribution >= 4 is 5.69 Å². The van der Waals surface area contributed by atoms with E-state index in [4.69, 9.17) is 14.9 Å². The number of nitrogens with zero attached hydrogens (tertiary/aromatic N) is 1. The fourth-order valence-electron chi connectivity index (χ4n) is 1.99. The van der Waals surface area contributed by atoms with Crippen LogP contribution in [0.3, 0.4) is 0 Å². The summed E-state index contributed by atoms with van der Waals surface area (Å²) >= 11 is 0. The molecule has 0 amide bonds. The lowest BCUT2D eigenvalue weighted by Crippen LogP contribution is -1.84. The fourth-order valence-corrected chi connectivity index (χ4v) is 1.99. The number of benzene rings is 2. The fraction of sp³-hybridized carbons (Fsp3) is 0.0625. The van der Waals surface area contributed by atoms with Gasteiger partial charge in [0.25, 0.3) is 0 Å². The Kier molecular flexibility index (Phi) is 3.13. The minimum absolute atomic E-state index is 0.557. The SMILES string of the molecule is COc1cccc(-c2ncc(-c3cccc(N)c3)o2)c1. The molecule has 3 aromatic rings. The normalized spacial score (nSPS) is 10.4. The molecule has 2 N–H and O–H groups in total. The van der Waals surface area contributed by atoms with Crippen LogP contribution in [-0.4, -0.2) is 12.1 Å². The van der Waals surface area contributed by atoms with E-state index in [0.29, 0.717) is 17.3 Å². The maximum Gasteiger partial charge on any atom is 0.226 e. The van der Waals surface area contributed by atoms with Gasteiger partial charge in [0.2, 0.25) is 5.89 Å². The third kappa shape index (κ3) is 2.36. The zero-order valence-electron chi connectivity index (χ0n) is 11.0. The first-order chi connectivity index (χ1) is 9.76. The van der Waals surface area contributed by atoms with Crippen molar-refractivity contribution in [1.29, 1.82) is 0 Å². The molecule has 20 heavy (non-hydrogen) atoms. The van der Waals surface area contributed by atoms with Gasteiger partial charge in [0.05, 0.1) is 13.3 Å². The van der Waals surface area contributed by atoms with E-state index in [9.17, 15) is 0 Å². The molecule has 0 saturated carbocycles. The van der Waals surface area contributed by atoms with E-state index >= 15 is 0 Å². The molecular formula is C16H14N2O2. The van der Waals surface area contributed by atoms with Gasteiger partial charge in [-0.3, -0.25) is 0 Å². The highest BCUT2D eigenvalue weighted by molar-refractivity contribution is 5.64. The molecule has 0 spiro atoms. The zero-order chi connectivity index (χ0) is 13.9. The van der Waals surface area contributed by atoms with Gasteiger partial charge in [-0.1, -0.05) is 18.2 Å². The molecule has 4 heteroatoms. The Morgan fingerprint density at radius 3 is 2.65 bits per heavy atom. The van der Waals surface area contributed by atoms with Crippen LogP contribution in [-0.2, 0) is 0 Å². The number of oxazole rings is 1. The number of aromatic nitrogens is 1. The van der Waals surface area contributed by atoms with E-state index < -0.39 is 0 Å². The molecule has 0 radical (unpaired) electrons. The molecule has 0 aliphatic carbocycles. The molecule has 100 valence electrons. The monoisotopic (exact) mass is 266 g/mol. The van der Waals surface area contributed by atoms with Crippen LogP contribution in [0.1, 0.15) is 0 Å². The lowest BCUT2D eigenvalue weighted by atomic mass is 10.2. The minimum Gasteiger partial charge on any atom is -0.497 e. The number of nitrogen functional groups attached to an aromatic ring is 1. The summed E-state index contributed by atoms with van der Waals surface area (Å²) in [5.74, 6) is 2.02. The summed E-state index contributed by atoms with van der Waals surface area (Å²) in [4.78, 5) is 4.30. The summed E-state index contributed by atoms with van der Waals surface area (Å²) in [5.41, 5.74) is 8.25. The highest BCUT2D eigenvalue weighted by atomic mass is 16.5. The lowest BCUT2D eigenvalue weighted by molar-refractivity contribution is 0.415. The van der Waals surface area contributed by atoms with Crippen LogP contribution in [0, 0.1) is 0 Å². The van der Waals surface area contributed by atoms with Gasteiger partial charge in [-0.2, -0.15) is 0 Å². The lowest BCUT2D eigenvalue weighted by Gasteiger charge is -2.01. The quantitative estimate of drug-likeness (QED) is 0.736. The molecule has 2 aromatic carbocycles. The summed E-state index contributed by atoms with van der Waals surface area (Å²) in [7, 11) is 1.63. The molecule has 3 rings (SSSR count). The number of hydrogen-bond donors (Lipinski definition) is 1. The molecule has 0 bridgehead atoms. The van der Waals surface area contributed by atoms with Gasteiger partial charge in [-0.15, -0.1) is 0 Å². The van der Waals surface area contributed by atoms with Gasteiger partial charge in [0.15, 0.2) is 5.76 Å². The Labute approximate surface area is 116 Å². The van der Waals surface area contributed by atoms with E-state index in [2.05, 4.69) is 4.98 Å². The number of nitrogens with two attached hydrogens (primary N) is 1. The van der Waals surface area contributed by atoms with Crippen LogP contribution < -0.4 is 10.5 Å². The summed E-state index contributed by atoms with van der Waals surface area (Å²) < 4.78 is 11.0. The average molecular weight is 266 g/mol. The predicted molar refractivity (Wildman–Crippen MR) is 78.3 cm³/mol. The van der Waals surface area contributed by atoms with Crippen molar-refractivity contribution in [3.63, 3.8) is 0 Å². The van der Waals surface area contributed by atoms with Crippen LogP contribution >= 0.6 is 0 Å². The smallest absolute Gasteiger partial charge is 0.226 e. The maximum atomic E-state index is 5.79. The molecule has 0 aliphatic heterocycles. The number of anilines is 1. The minimum atomic E-state index is 0.557. The van der Waals surface area contributed by atoms with Gasteiger partial charge in [-0.25, -0.2) is 4.98 Å². The molecule has 0 unspecified atom stereocenters. The maximum absolute atomic E-state index is 5.79. The molecule has 0 saturated heterocycles. The molecule has 0 aliphatic rings. The van der Waals surface area contributed by atoms with Crippen LogP contribution in [0.2, 0.25) is 0 Å². The second-order valence-corrected chi connectivity index (χ2v) is 4.39. The van der Waals surface area contributed by atoms with Crippen molar-refractivity contribution in [3.8, 4) is 28.5 Å². The third-order valence-electron chi connectivity index (χ3n) is 2.99. The standard InChI is InChI=1S/C16H14N2O2/c1-19-14-7-3-5-12(9-14)16-18-10-15(20-16)11-4-2-6-13(17)8-11/h2-10H,17H2,1H3. The van der Waals surface area contributed by atoms with Crippen molar-refractivity contribution < 1.29 is 9.15 Å². The topological polar surface area (TPSA) is 61.3 Å². The molecule has 1 aromatic heterocycles. The first-order valence-corrected chi connectivity index (χ1v) is 6.22. The number of methoxy groups -OCH3 is 1. The van der Waals surface area contributed by atoms with Crippen LogP contribution in [0.25, 0.3) is 22.8 Å². The second kappa shape index (κ2) is 5.09. The highest BCUT2D eigenvalue weighted by Crippen LogP contribution is 2.28. The summed E-state index contributed by atoms with van der Waals surface area (Å²) in [6.07, 6.45) is 1.70. The van der Waals surface area contributed by atoms with E-state index in [1.54, 1.807) is 13.3 Å². The first kappa shape index (κ1) is 12.3. The van der Waals surface area contributed by atoms with Crippen LogP contribution in [0.4, 0.5) is 5.69 Å². The van der Waals surface area contributed by atoms with Crippen molar-refractivity contribution in [2.24, 2.45) is 0 Å². The Morgan fingerprint density at radius 1 is 1.05 bits per heavy atom. The van der Waals surface area contributed by atoms with E-state index in [0.717, 1.165) is 16.9 Å². The largest absolute Gasteiger partial charge is 0.497 e. The van der Waals surface area contributed by atoms with Gasteiger partial charge in [0.1, 0.15) is 5.75 Å². The van der Waals surface area contributed by atoms with E-state index in [1.165, 1.54) is 0 Å². The Balaban J connectivity index is 1.97. The van der Waals surface area contributed by atoms with Crippen molar-refractivity contribution in [3.05, 3.63) is 54.7 Å². The number of hydrogen-bond acceptors (Lipinski definition) is 4. The van der Waals surface area contributed by atoms with Gasteiger partial charge in [0, 0.05) is 16.8 Å². The molecule has 0 fully saturated rings. The first-order valence-electron chi connectivity index (χ1n) is 6.22. The molecule has 4 nitrogen and oxygen atoms in total. The van der Waals surface area contributed by atoms with E-state index in [1.807, 2.05) is 48.5 Å². The van der Waals surface area contributed by atoms with Gasteiger partial charge < -0.3 is 14.9 Å². The molecular weight excluding hydrogens is 252 g/mol. The highest BCUT2D eigenvalue weighted by Gasteiger charge is 2.09. The number of ether oxygens (including phenoxy) is 1. The Hall–Kier alpha value is -2.75. The Bertz CT molecular complexity index is 735. The van der Waals surface area contributed by atoms with Gasteiger partial charge >= 0.3 is 0 Å². The molecule has 0 atom stereocenters. The van der Waals surface area contributed by atoms with Crippen molar-refractivity contribution in [2.75, 3.05) is 12.8 Å².